The van der Waals surface area contributed by atoms with E-state index in [0.717, 1.165) is 25.7 Å². The smallest absolute Gasteiger partial charge is 0.229 e. The van der Waals surface area contributed by atoms with Gasteiger partial charge in [0.15, 0.2) is 0 Å². The number of nitrogens with zero attached hydrogens (tertiary/aromatic N) is 1. The topological polar surface area (TPSA) is 37.4 Å². The second kappa shape index (κ2) is 5.58. The summed E-state index contributed by atoms with van der Waals surface area (Å²) in [5, 5.41) is 0. The third kappa shape index (κ3) is 2.98. The fourth-order valence-electron chi connectivity index (χ4n) is 1.61. The van der Waals surface area contributed by atoms with Gasteiger partial charge in [-0.05, 0) is 25.7 Å². The molecule has 3 nitrogen and oxygen atoms in total. The standard InChI is InChI=1S/C11H17NO2/c1-2-3-4-5-9-12-10(13)7-6-8-11(12)14/h2H,1,3-9H2. The Labute approximate surface area is 84.8 Å². The molecule has 1 aliphatic rings. The molecule has 0 radical (unpaired) electrons. The number of allylic oxidation sites excluding steroid dienone is 1. The van der Waals surface area contributed by atoms with Crippen molar-refractivity contribution in [2.75, 3.05) is 6.54 Å². The Morgan fingerprint density at radius 2 is 1.86 bits per heavy atom. The highest BCUT2D eigenvalue weighted by atomic mass is 16.2. The molecule has 0 aromatic carbocycles. The van der Waals surface area contributed by atoms with Gasteiger partial charge in [0, 0.05) is 19.4 Å². The zero-order valence-corrected chi connectivity index (χ0v) is 8.50. The molecule has 1 rings (SSSR count). The van der Waals surface area contributed by atoms with Gasteiger partial charge in [-0.15, -0.1) is 6.58 Å². The second-order valence-electron chi connectivity index (χ2n) is 3.58. The fourth-order valence-corrected chi connectivity index (χ4v) is 1.61. The summed E-state index contributed by atoms with van der Waals surface area (Å²) in [6.07, 6.45) is 6.50. The first-order valence-electron chi connectivity index (χ1n) is 5.20. The minimum atomic E-state index is -0.000136. The molecule has 2 amide bonds. The number of piperidine rings is 1. The first kappa shape index (κ1) is 11.0. The van der Waals surface area contributed by atoms with Crippen LogP contribution in [-0.4, -0.2) is 23.3 Å². The van der Waals surface area contributed by atoms with Gasteiger partial charge in [-0.1, -0.05) is 6.08 Å². The lowest BCUT2D eigenvalue weighted by Crippen LogP contribution is -2.40. The van der Waals surface area contributed by atoms with Crippen LogP contribution in [0.25, 0.3) is 0 Å². The molecule has 14 heavy (non-hydrogen) atoms. The quantitative estimate of drug-likeness (QED) is 0.381. The summed E-state index contributed by atoms with van der Waals surface area (Å²) < 4.78 is 0. The summed E-state index contributed by atoms with van der Waals surface area (Å²) in [6, 6.07) is 0. The van der Waals surface area contributed by atoms with Gasteiger partial charge in [0.05, 0.1) is 0 Å². The number of imide groups is 1. The average molecular weight is 195 g/mol. The number of hydrogen-bond acceptors (Lipinski definition) is 2. The van der Waals surface area contributed by atoms with Crippen molar-refractivity contribution in [1.82, 2.24) is 4.90 Å². The van der Waals surface area contributed by atoms with Crippen molar-refractivity contribution in [2.45, 2.75) is 38.5 Å². The van der Waals surface area contributed by atoms with Crippen LogP contribution in [0.5, 0.6) is 0 Å². The van der Waals surface area contributed by atoms with Crippen LogP contribution >= 0.6 is 0 Å². The molecule has 0 aliphatic carbocycles. The lowest BCUT2D eigenvalue weighted by Gasteiger charge is -2.24. The van der Waals surface area contributed by atoms with E-state index in [1.165, 1.54) is 4.90 Å². The summed E-state index contributed by atoms with van der Waals surface area (Å²) in [5.41, 5.74) is 0. The molecule has 0 atom stereocenters. The van der Waals surface area contributed by atoms with Gasteiger partial charge in [0.25, 0.3) is 0 Å². The van der Waals surface area contributed by atoms with E-state index in [1.54, 1.807) is 0 Å². The van der Waals surface area contributed by atoms with Gasteiger partial charge in [0.2, 0.25) is 11.8 Å². The van der Waals surface area contributed by atoms with Crippen LogP contribution in [0.1, 0.15) is 38.5 Å². The molecule has 3 heteroatoms. The van der Waals surface area contributed by atoms with Gasteiger partial charge in [-0.3, -0.25) is 14.5 Å². The zero-order valence-electron chi connectivity index (χ0n) is 8.50. The molecule has 0 aromatic heterocycles. The third-order valence-electron chi connectivity index (χ3n) is 2.42. The van der Waals surface area contributed by atoms with Crippen molar-refractivity contribution < 1.29 is 9.59 Å². The molecule has 0 spiro atoms. The molecule has 1 fully saturated rings. The van der Waals surface area contributed by atoms with Crippen LogP contribution in [0.4, 0.5) is 0 Å². The molecule has 78 valence electrons. The van der Waals surface area contributed by atoms with Crippen LogP contribution < -0.4 is 0 Å². The van der Waals surface area contributed by atoms with Gasteiger partial charge >= 0.3 is 0 Å². The Balaban J connectivity index is 2.29. The van der Waals surface area contributed by atoms with Crippen molar-refractivity contribution in [1.29, 1.82) is 0 Å². The summed E-state index contributed by atoms with van der Waals surface area (Å²) in [5.74, 6) is -0.000272. The Bertz CT molecular complexity index is 219. The highest BCUT2D eigenvalue weighted by Gasteiger charge is 2.24. The van der Waals surface area contributed by atoms with Crippen LogP contribution in [0.3, 0.4) is 0 Å². The average Bonchev–Trinajstić information content (AvgIpc) is 2.16. The molecule has 0 saturated carbocycles. The molecule has 0 bridgehead atoms. The number of rotatable bonds is 5. The van der Waals surface area contributed by atoms with Crippen LogP contribution in [0.2, 0.25) is 0 Å². The molecule has 1 aliphatic heterocycles. The van der Waals surface area contributed by atoms with Gasteiger partial charge < -0.3 is 0 Å². The molecule has 1 saturated heterocycles. The summed E-state index contributed by atoms with van der Waals surface area (Å²) in [7, 11) is 0. The lowest BCUT2D eigenvalue weighted by atomic mass is 10.1. The Morgan fingerprint density at radius 1 is 1.21 bits per heavy atom. The van der Waals surface area contributed by atoms with E-state index in [1.807, 2.05) is 6.08 Å². The van der Waals surface area contributed by atoms with Crippen molar-refractivity contribution in [2.24, 2.45) is 0 Å². The molecular formula is C11H17NO2. The second-order valence-corrected chi connectivity index (χ2v) is 3.58. The number of amides is 2. The minimum absolute atomic E-state index is 0.000136. The first-order valence-corrected chi connectivity index (χ1v) is 5.20. The van der Waals surface area contributed by atoms with E-state index < -0.39 is 0 Å². The molecule has 0 N–H and O–H groups in total. The summed E-state index contributed by atoms with van der Waals surface area (Å²) in [4.78, 5) is 24.1. The largest absolute Gasteiger partial charge is 0.283 e. The van der Waals surface area contributed by atoms with Gasteiger partial charge in [-0.2, -0.15) is 0 Å². The van der Waals surface area contributed by atoms with E-state index in [9.17, 15) is 9.59 Å². The fraction of sp³-hybridized carbons (Fsp3) is 0.636. The SMILES string of the molecule is C=CCCCCN1C(=O)CCCC1=O. The summed E-state index contributed by atoms with van der Waals surface area (Å²) in [6.45, 7) is 4.22. The van der Waals surface area contributed by atoms with Crippen molar-refractivity contribution >= 4 is 11.8 Å². The maximum absolute atomic E-state index is 11.4. The number of carbonyl (C=O) groups excluding carboxylic acids is 2. The number of likely N-dealkylation sites (tertiary alicyclic amines) is 1. The highest BCUT2D eigenvalue weighted by Crippen LogP contribution is 2.13. The number of unbranched alkanes of at least 4 members (excludes halogenated alkanes) is 2. The number of carbonyl (C=O) groups is 2. The minimum Gasteiger partial charge on any atom is -0.283 e. The third-order valence-corrected chi connectivity index (χ3v) is 2.42. The van der Waals surface area contributed by atoms with E-state index >= 15 is 0 Å². The monoisotopic (exact) mass is 195 g/mol. The zero-order chi connectivity index (χ0) is 10.4. The van der Waals surface area contributed by atoms with Crippen LogP contribution in [0.15, 0.2) is 12.7 Å². The lowest BCUT2D eigenvalue weighted by molar-refractivity contribution is -0.147. The Morgan fingerprint density at radius 3 is 2.43 bits per heavy atom. The molecule has 1 heterocycles. The van der Waals surface area contributed by atoms with Crippen LogP contribution in [0, 0.1) is 0 Å². The highest BCUT2D eigenvalue weighted by molar-refractivity contribution is 5.97. The predicted octanol–water partition coefficient (Wildman–Crippen LogP) is 1.88. The maximum Gasteiger partial charge on any atom is 0.229 e. The predicted molar refractivity (Wildman–Crippen MR) is 54.6 cm³/mol. The summed E-state index contributed by atoms with van der Waals surface area (Å²) >= 11 is 0. The van der Waals surface area contributed by atoms with Gasteiger partial charge in [0.1, 0.15) is 0 Å². The Hall–Kier alpha value is -1.12. The molecular weight excluding hydrogens is 178 g/mol. The van der Waals surface area contributed by atoms with E-state index in [2.05, 4.69) is 6.58 Å². The van der Waals surface area contributed by atoms with Crippen molar-refractivity contribution in [3.8, 4) is 0 Å². The maximum atomic E-state index is 11.4. The normalized spacial score (nSPS) is 17.3. The van der Waals surface area contributed by atoms with Crippen molar-refractivity contribution in [3.63, 3.8) is 0 Å². The van der Waals surface area contributed by atoms with E-state index in [4.69, 9.17) is 0 Å². The van der Waals surface area contributed by atoms with Crippen molar-refractivity contribution in [3.05, 3.63) is 12.7 Å². The first-order chi connectivity index (χ1) is 6.75. The van der Waals surface area contributed by atoms with E-state index in [0.29, 0.717) is 19.4 Å². The number of hydrogen-bond donors (Lipinski definition) is 0. The van der Waals surface area contributed by atoms with E-state index in [-0.39, 0.29) is 11.8 Å². The Kier molecular flexibility index (Phi) is 4.36. The molecule has 0 unspecified atom stereocenters. The van der Waals surface area contributed by atoms with Crippen LogP contribution in [-0.2, 0) is 9.59 Å². The molecule has 0 aromatic rings. The van der Waals surface area contributed by atoms with Gasteiger partial charge in [-0.25, -0.2) is 0 Å².